The lowest BCUT2D eigenvalue weighted by Gasteiger charge is -2.18. The highest BCUT2D eigenvalue weighted by molar-refractivity contribution is 6.30. The van der Waals surface area contributed by atoms with Crippen LogP contribution in [0.25, 0.3) is 0 Å². The summed E-state index contributed by atoms with van der Waals surface area (Å²) in [5.41, 5.74) is 0.957. The van der Waals surface area contributed by atoms with Gasteiger partial charge < -0.3 is 10.6 Å². The highest BCUT2D eigenvalue weighted by Crippen LogP contribution is 2.45. The van der Waals surface area contributed by atoms with Crippen molar-refractivity contribution in [1.82, 2.24) is 10.6 Å². The highest BCUT2D eigenvalue weighted by Gasteiger charge is 2.45. The molecule has 0 heterocycles. The van der Waals surface area contributed by atoms with Crippen LogP contribution < -0.4 is 10.6 Å². The van der Waals surface area contributed by atoms with Gasteiger partial charge in [-0.2, -0.15) is 0 Å². The number of amides is 1. The molecule has 0 spiro atoms. The van der Waals surface area contributed by atoms with E-state index in [-0.39, 0.29) is 23.9 Å². The largest absolute Gasteiger partial charge is 0.345 e. The number of carbonyl (C=O) groups excluding carboxylic acids is 1. The predicted octanol–water partition coefficient (Wildman–Crippen LogP) is 2.87. The molecule has 0 bridgehead atoms. The average Bonchev–Trinajstić information content (AvgIpc) is 3.25. The van der Waals surface area contributed by atoms with E-state index in [1.54, 1.807) is 0 Å². The van der Waals surface area contributed by atoms with E-state index in [0.29, 0.717) is 6.54 Å². The zero-order valence-electron chi connectivity index (χ0n) is 11.3. The van der Waals surface area contributed by atoms with Crippen LogP contribution >= 0.6 is 24.0 Å². The standard InChI is InChI=1S/C15H19ClN2O.ClH/c16-13-3-1-2-12(8-13)15(6-7-15)18-14(19)10-17-9-11-4-5-11;/h1-3,8,11,17H,4-7,9-10H2,(H,18,19);1H. The monoisotopic (exact) mass is 314 g/mol. The molecule has 2 fully saturated rings. The lowest BCUT2D eigenvalue weighted by Crippen LogP contribution is -2.41. The summed E-state index contributed by atoms with van der Waals surface area (Å²) in [7, 11) is 0. The van der Waals surface area contributed by atoms with E-state index >= 15 is 0 Å². The maximum absolute atomic E-state index is 12.0. The van der Waals surface area contributed by atoms with E-state index in [1.807, 2.05) is 24.3 Å². The summed E-state index contributed by atoms with van der Waals surface area (Å²) >= 11 is 6.02. The van der Waals surface area contributed by atoms with Crippen LogP contribution in [0.3, 0.4) is 0 Å². The van der Waals surface area contributed by atoms with Gasteiger partial charge in [0.2, 0.25) is 5.91 Å². The summed E-state index contributed by atoms with van der Waals surface area (Å²) in [5, 5.41) is 7.09. The Labute approximate surface area is 130 Å². The van der Waals surface area contributed by atoms with Crippen molar-refractivity contribution < 1.29 is 4.79 Å². The lowest BCUT2D eigenvalue weighted by atomic mass is 10.1. The molecular weight excluding hydrogens is 295 g/mol. The van der Waals surface area contributed by atoms with E-state index in [4.69, 9.17) is 11.6 Å². The van der Waals surface area contributed by atoms with E-state index in [1.165, 1.54) is 12.8 Å². The Hall–Kier alpha value is -0.770. The molecule has 1 aromatic carbocycles. The van der Waals surface area contributed by atoms with Gasteiger partial charge in [0.25, 0.3) is 0 Å². The SMILES string of the molecule is Cl.O=C(CNCC1CC1)NC1(c2cccc(Cl)c2)CC1. The van der Waals surface area contributed by atoms with Crippen LogP contribution in [0.5, 0.6) is 0 Å². The van der Waals surface area contributed by atoms with Crippen molar-refractivity contribution >= 4 is 29.9 Å². The molecular formula is C15H20Cl2N2O. The zero-order chi connectivity index (χ0) is 13.3. The van der Waals surface area contributed by atoms with Crippen LogP contribution in [-0.4, -0.2) is 19.0 Å². The first kappa shape index (κ1) is 15.6. The number of hydrogen-bond donors (Lipinski definition) is 2. The second-order valence-corrected chi connectivity index (χ2v) is 6.15. The van der Waals surface area contributed by atoms with Crippen LogP contribution in [0.15, 0.2) is 24.3 Å². The van der Waals surface area contributed by atoms with Crippen LogP contribution in [0.4, 0.5) is 0 Å². The van der Waals surface area contributed by atoms with Crippen molar-refractivity contribution in [2.24, 2.45) is 5.92 Å². The molecule has 2 N–H and O–H groups in total. The summed E-state index contributed by atoms with van der Waals surface area (Å²) < 4.78 is 0. The molecule has 5 heteroatoms. The Morgan fingerprint density at radius 3 is 2.70 bits per heavy atom. The molecule has 3 nitrogen and oxygen atoms in total. The van der Waals surface area contributed by atoms with Gasteiger partial charge >= 0.3 is 0 Å². The predicted molar refractivity (Wildman–Crippen MR) is 83.3 cm³/mol. The summed E-state index contributed by atoms with van der Waals surface area (Å²) in [6.45, 7) is 1.39. The van der Waals surface area contributed by atoms with Gasteiger partial charge in [0.05, 0.1) is 12.1 Å². The summed E-state index contributed by atoms with van der Waals surface area (Å²) in [5.74, 6) is 0.883. The number of rotatable bonds is 6. The van der Waals surface area contributed by atoms with Crippen LogP contribution in [0.1, 0.15) is 31.2 Å². The van der Waals surface area contributed by atoms with E-state index in [0.717, 1.165) is 35.9 Å². The molecule has 0 atom stereocenters. The highest BCUT2D eigenvalue weighted by atomic mass is 35.5. The van der Waals surface area contributed by atoms with Gasteiger partial charge in [0.1, 0.15) is 0 Å². The first-order chi connectivity index (χ1) is 9.18. The Balaban J connectivity index is 0.00000147. The topological polar surface area (TPSA) is 41.1 Å². The number of hydrogen-bond acceptors (Lipinski definition) is 2. The van der Waals surface area contributed by atoms with Crippen molar-refractivity contribution in [3.8, 4) is 0 Å². The normalized spacial score (nSPS) is 19.1. The molecule has 110 valence electrons. The minimum absolute atomic E-state index is 0. The molecule has 1 aromatic rings. The summed E-state index contributed by atoms with van der Waals surface area (Å²) in [6.07, 6.45) is 4.62. The van der Waals surface area contributed by atoms with E-state index < -0.39 is 0 Å². The molecule has 0 unspecified atom stereocenters. The summed E-state index contributed by atoms with van der Waals surface area (Å²) in [4.78, 5) is 12.0. The zero-order valence-corrected chi connectivity index (χ0v) is 12.9. The molecule has 3 rings (SSSR count). The first-order valence-corrected chi connectivity index (χ1v) is 7.33. The van der Waals surface area contributed by atoms with Crippen LogP contribution in [0, 0.1) is 5.92 Å². The van der Waals surface area contributed by atoms with Gasteiger partial charge in [-0.25, -0.2) is 0 Å². The van der Waals surface area contributed by atoms with Crippen molar-refractivity contribution in [3.63, 3.8) is 0 Å². The van der Waals surface area contributed by atoms with Crippen molar-refractivity contribution in [2.45, 2.75) is 31.2 Å². The van der Waals surface area contributed by atoms with E-state index in [9.17, 15) is 4.79 Å². The van der Waals surface area contributed by atoms with Crippen molar-refractivity contribution in [3.05, 3.63) is 34.9 Å². The fourth-order valence-electron chi connectivity index (χ4n) is 2.42. The van der Waals surface area contributed by atoms with E-state index in [2.05, 4.69) is 10.6 Å². The van der Waals surface area contributed by atoms with Crippen LogP contribution in [-0.2, 0) is 10.3 Å². The minimum Gasteiger partial charge on any atom is -0.345 e. The van der Waals surface area contributed by atoms with Crippen molar-refractivity contribution in [1.29, 1.82) is 0 Å². The third-order valence-electron chi connectivity index (χ3n) is 3.92. The first-order valence-electron chi connectivity index (χ1n) is 6.96. The maximum Gasteiger partial charge on any atom is 0.234 e. The number of halogens is 2. The Morgan fingerprint density at radius 2 is 2.10 bits per heavy atom. The van der Waals surface area contributed by atoms with Gasteiger partial charge in [-0.05, 0) is 55.8 Å². The third-order valence-corrected chi connectivity index (χ3v) is 4.16. The quantitative estimate of drug-likeness (QED) is 0.847. The lowest BCUT2D eigenvalue weighted by molar-refractivity contribution is -0.121. The average molecular weight is 315 g/mol. The molecule has 2 aliphatic rings. The van der Waals surface area contributed by atoms with Gasteiger partial charge in [-0.3, -0.25) is 4.79 Å². The van der Waals surface area contributed by atoms with Crippen molar-refractivity contribution in [2.75, 3.05) is 13.1 Å². The van der Waals surface area contributed by atoms with Gasteiger partial charge in [0, 0.05) is 5.02 Å². The fraction of sp³-hybridized carbons (Fsp3) is 0.533. The molecule has 20 heavy (non-hydrogen) atoms. The van der Waals surface area contributed by atoms with Gasteiger partial charge in [-0.15, -0.1) is 12.4 Å². The van der Waals surface area contributed by atoms with Gasteiger partial charge in [0.15, 0.2) is 0 Å². The number of benzene rings is 1. The molecule has 2 aliphatic carbocycles. The van der Waals surface area contributed by atoms with Crippen LogP contribution in [0.2, 0.25) is 5.02 Å². The molecule has 1 amide bonds. The number of carbonyl (C=O) groups is 1. The minimum atomic E-state index is -0.163. The molecule has 0 aliphatic heterocycles. The Bertz CT molecular complexity index is 485. The fourth-order valence-corrected chi connectivity index (χ4v) is 2.61. The number of nitrogens with one attached hydrogen (secondary N) is 2. The molecule has 0 radical (unpaired) electrons. The molecule has 0 saturated heterocycles. The molecule has 0 aromatic heterocycles. The maximum atomic E-state index is 12.0. The third kappa shape index (κ3) is 3.87. The smallest absolute Gasteiger partial charge is 0.234 e. The second kappa shape index (κ2) is 6.33. The summed E-state index contributed by atoms with van der Waals surface area (Å²) in [6, 6.07) is 7.79. The second-order valence-electron chi connectivity index (χ2n) is 5.71. The Morgan fingerprint density at radius 1 is 1.35 bits per heavy atom. The van der Waals surface area contributed by atoms with Gasteiger partial charge in [-0.1, -0.05) is 23.7 Å². The Kier molecular flexibility index (Phi) is 4.95. The molecule has 2 saturated carbocycles.